The van der Waals surface area contributed by atoms with Gasteiger partial charge in [-0.1, -0.05) is 36.7 Å². The third-order valence-corrected chi connectivity index (χ3v) is 12.4. The van der Waals surface area contributed by atoms with E-state index in [0.29, 0.717) is 36.2 Å². The molecule has 8 nitrogen and oxygen atoms in total. The summed E-state index contributed by atoms with van der Waals surface area (Å²) < 4.78 is 33.8. The number of carbonyl (C=O) groups is 1. The van der Waals surface area contributed by atoms with Gasteiger partial charge in [0.25, 0.3) is 5.91 Å². The van der Waals surface area contributed by atoms with E-state index in [2.05, 4.69) is 21.8 Å². The zero-order chi connectivity index (χ0) is 33.5. The standard InChI is InChI=1S/C36H46ClN3O5S/c1-6-7-17-36(42,34(4,5)21-38)30-13-10-27(30)20-40-22-35(16-8-9-25-18-28(37)12-14-29(25)35)23-45-32-15-11-26(19-31(32)40)33(41)39-46(43,44)24(2)3/h7,11-12,14-15,17-19,24,27,30,42H,6,8-10,13,16,20,22-23H2,1-5H3,(H,39,41)/b17-7+/t27-,30+,35-,36-/m0/s1. The van der Waals surface area contributed by atoms with Crippen LogP contribution in [0, 0.1) is 28.6 Å². The Bertz CT molecular complexity index is 1670. The maximum Gasteiger partial charge on any atom is 0.264 e. The van der Waals surface area contributed by atoms with Crippen LogP contribution in [0.3, 0.4) is 0 Å². The second kappa shape index (κ2) is 12.9. The summed E-state index contributed by atoms with van der Waals surface area (Å²) in [5.74, 6) is -0.150. The number of allylic oxidation sites excluding steroid dienone is 1. The molecule has 0 bridgehead atoms. The van der Waals surface area contributed by atoms with E-state index < -0.39 is 32.2 Å². The van der Waals surface area contributed by atoms with Gasteiger partial charge in [-0.15, -0.1) is 0 Å². The van der Waals surface area contributed by atoms with E-state index in [0.717, 1.165) is 38.5 Å². The summed E-state index contributed by atoms with van der Waals surface area (Å²) >= 11 is 6.41. The summed E-state index contributed by atoms with van der Waals surface area (Å²) in [4.78, 5) is 15.5. The molecule has 46 heavy (non-hydrogen) atoms. The molecule has 2 aromatic rings. The number of sulfonamides is 1. The Morgan fingerprint density at radius 3 is 2.67 bits per heavy atom. The molecule has 2 aromatic carbocycles. The Hall–Kier alpha value is -3.06. The molecule has 0 radical (unpaired) electrons. The number of carbonyl (C=O) groups excluding carboxylic acids is 1. The predicted molar refractivity (Wildman–Crippen MR) is 182 cm³/mol. The van der Waals surface area contributed by atoms with Gasteiger partial charge in [0.05, 0.1) is 29.0 Å². The Balaban J connectivity index is 1.56. The van der Waals surface area contributed by atoms with Gasteiger partial charge in [0.2, 0.25) is 10.0 Å². The lowest BCUT2D eigenvalue weighted by molar-refractivity contribution is -0.0994. The monoisotopic (exact) mass is 667 g/mol. The number of nitrogens with one attached hydrogen (secondary N) is 1. The average Bonchev–Trinajstić information content (AvgIpc) is 3.14. The smallest absolute Gasteiger partial charge is 0.264 e. The summed E-state index contributed by atoms with van der Waals surface area (Å²) in [6.07, 6.45) is 9.01. The van der Waals surface area contributed by atoms with Crippen molar-refractivity contribution in [2.24, 2.45) is 17.3 Å². The SMILES string of the molecule is CC/C=C/[C@](O)([C@@H]1CC[C@H]1CN1C[C@@]2(CCCc3cc(Cl)ccc32)COc2ccc(C(=O)NS(=O)(=O)C(C)C)cc21)C(C)(C)C#N. The first-order valence-corrected chi connectivity index (χ1v) is 18.3. The summed E-state index contributed by atoms with van der Waals surface area (Å²) in [6.45, 7) is 10.3. The molecule has 4 atom stereocenters. The number of aryl methyl sites for hydroxylation is 1. The molecule has 10 heteroatoms. The highest BCUT2D eigenvalue weighted by Gasteiger charge is 2.54. The molecule has 5 rings (SSSR count). The van der Waals surface area contributed by atoms with E-state index in [4.69, 9.17) is 16.3 Å². The van der Waals surface area contributed by atoms with Crippen molar-refractivity contribution in [3.63, 3.8) is 0 Å². The molecule has 0 aromatic heterocycles. The number of halogens is 1. The minimum absolute atomic E-state index is 0.0641. The van der Waals surface area contributed by atoms with Gasteiger partial charge in [-0.3, -0.25) is 4.79 Å². The highest BCUT2D eigenvalue weighted by Crippen LogP contribution is 2.52. The second-order valence-electron chi connectivity index (χ2n) is 14.1. The number of benzene rings is 2. The lowest BCUT2D eigenvalue weighted by atomic mass is 9.56. The first-order chi connectivity index (χ1) is 21.7. The Labute approximate surface area is 278 Å². The Morgan fingerprint density at radius 1 is 1.26 bits per heavy atom. The topological polar surface area (TPSA) is 120 Å². The first kappa shape index (κ1) is 34.3. The molecular formula is C36H46ClN3O5S. The van der Waals surface area contributed by atoms with Crippen molar-refractivity contribution in [2.45, 2.75) is 89.4 Å². The van der Waals surface area contributed by atoms with E-state index >= 15 is 0 Å². The van der Waals surface area contributed by atoms with Crippen LogP contribution >= 0.6 is 11.6 Å². The fraction of sp³-hybridized carbons (Fsp3) is 0.556. The molecule has 248 valence electrons. The normalized spacial score (nSPS) is 24.3. The third-order valence-electron chi connectivity index (χ3n) is 10.5. The maximum atomic E-state index is 13.2. The van der Waals surface area contributed by atoms with Gasteiger partial charge in [-0.2, -0.15) is 5.26 Å². The van der Waals surface area contributed by atoms with Gasteiger partial charge < -0.3 is 14.7 Å². The lowest BCUT2D eigenvalue weighted by Gasteiger charge is -2.52. The molecular weight excluding hydrogens is 622 g/mol. The average molecular weight is 668 g/mol. The van der Waals surface area contributed by atoms with Crippen LogP contribution in [0.1, 0.15) is 88.2 Å². The van der Waals surface area contributed by atoms with E-state index in [1.54, 1.807) is 32.0 Å². The molecule has 1 spiro atoms. The van der Waals surface area contributed by atoms with Crippen molar-refractivity contribution < 1.29 is 23.1 Å². The molecule has 3 aliphatic rings. The molecule has 1 saturated carbocycles. The minimum atomic E-state index is -3.82. The summed E-state index contributed by atoms with van der Waals surface area (Å²) in [7, 11) is -3.82. The molecule has 2 N–H and O–H groups in total. The van der Waals surface area contributed by atoms with Crippen LogP contribution in [0.5, 0.6) is 5.75 Å². The number of aliphatic hydroxyl groups is 1. The van der Waals surface area contributed by atoms with Crippen molar-refractivity contribution in [3.05, 3.63) is 70.3 Å². The number of amides is 1. The van der Waals surface area contributed by atoms with Crippen LogP contribution in [0.25, 0.3) is 0 Å². The highest BCUT2D eigenvalue weighted by atomic mass is 35.5. The molecule has 0 saturated heterocycles. The molecule has 1 amide bonds. The van der Waals surface area contributed by atoms with Gasteiger partial charge in [0, 0.05) is 29.1 Å². The van der Waals surface area contributed by atoms with Crippen LogP contribution in [0.2, 0.25) is 5.02 Å². The Kier molecular flexibility index (Phi) is 9.58. The number of ether oxygens (including phenoxy) is 1. The summed E-state index contributed by atoms with van der Waals surface area (Å²) in [5.41, 5.74) is 0.697. The van der Waals surface area contributed by atoms with Crippen LogP contribution in [-0.4, -0.2) is 50.0 Å². The van der Waals surface area contributed by atoms with E-state index in [1.165, 1.54) is 25.0 Å². The number of nitrogens with zero attached hydrogens (tertiary/aromatic N) is 2. The van der Waals surface area contributed by atoms with Crippen LogP contribution < -0.4 is 14.4 Å². The maximum absolute atomic E-state index is 13.2. The number of nitriles is 1. The lowest BCUT2D eigenvalue weighted by Crippen LogP contribution is -2.57. The van der Waals surface area contributed by atoms with Gasteiger partial charge in [0.15, 0.2) is 0 Å². The highest BCUT2D eigenvalue weighted by molar-refractivity contribution is 7.90. The van der Waals surface area contributed by atoms with Crippen molar-refractivity contribution in [3.8, 4) is 11.8 Å². The van der Waals surface area contributed by atoms with E-state index in [-0.39, 0.29) is 22.8 Å². The van der Waals surface area contributed by atoms with Crippen molar-refractivity contribution in [2.75, 3.05) is 24.6 Å². The fourth-order valence-electron chi connectivity index (χ4n) is 7.39. The van der Waals surface area contributed by atoms with Crippen molar-refractivity contribution in [1.29, 1.82) is 5.26 Å². The summed E-state index contributed by atoms with van der Waals surface area (Å²) in [6, 6.07) is 13.5. The second-order valence-corrected chi connectivity index (χ2v) is 16.8. The van der Waals surface area contributed by atoms with Crippen molar-refractivity contribution >= 4 is 33.2 Å². The number of hydrogen-bond acceptors (Lipinski definition) is 7. The van der Waals surface area contributed by atoms with Crippen LogP contribution in [-0.2, 0) is 21.9 Å². The van der Waals surface area contributed by atoms with E-state index in [9.17, 15) is 23.6 Å². The Morgan fingerprint density at radius 2 is 2.02 bits per heavy atom. The molecule has 1 heterocycles. The quantitative estimate of drug-likeness (QED) is 0.291. The third kappa shape index (κ3) is 6.28. The number of hydrogen-bond donors (Lipinski definition) is 2. The number of rotatable bonds is 9. The van der Waals surface area contributed by atoms with Crippen LogP contribution in [0.15, 0.2) is 48.6 Å². The zero-order valence-electron chi connectivity index (χ0n) is 27.5. The van der Waals surface area contributed by atoms with Gasteiger partial charge in [-0.05, 0) is 120 Å². The first-order valence-electron chi connectivity index (χ1n) is 16.3. The van der Waals surface area contributed by atoms with Gasteiger partial charge in [0.1, 0.15) is 11.4 Å². The molecule has 0 unspecified atom stereocenters. The van der Waals surface area contributed by atoms with Gasteiger partial charge >= 0.3 is 0 Å². The number of fused-ring (bicyclic) bond motifs is 3. The van der Waals surface area contributed by atoms with Gasteiger partial charge in [-0.25, -0.2) is 13.1 Å². The minimum Gasteiger partial charge on any atom is -0.490 e. The van der Waals surface area contributed by atoms with Crippen molar-refractivity contribution in [1.82, 2.24) is 4.72 Å². The molecule has 2 aliphatic carbocycles. The summed E-state index contributed by atoms with van der Waals surface area (Å²) in [5, 5.41) is 22.2. The molecule has 1 fully saturated rings. The zero-order valence-corrected chi connectivity index (χ0v) is 29.0. The number of anilines is 1. The van der Waals surface area contributed by atoms with E-state index in [1.807, 2.05) is 31.2 Å². The largest absolute Gasteiger partial charge is 0.490 e. The fourth-order valence-corrected chi connectivity index (χ4v) is 8.20. The molecule has 1 aliphatic heterocycles. The predicted octanol–water partition coefficient (Wildman–Crippen LogP) is 6.55. The van der Waals surface area contributed by atoms with Crippen LogP contribution in [0.4, 0.5) is 5.69 Å².